The summed E-state index contributed by atoms with van der Waals surface area (Å²) in [6, 6.07) is 5.21. The zero-order chi connectivity index (χ0) is 16.5. The molecule has 7 heteroatoms. The van der Waals surface area contributed by atoms with Gasteiger partial charge in [0.2, 0.25) is 10.0 Å². The Hall–Kier alpha value is -1.15. The van der Waals surface area contributed by atoms with Crippen molar-refractivity contribution in [3.8, 4) is 5.75 Å². The highest BCUT2D eigenvalue weighted by molar-refractivity contribution is 7.89. The van der Waals surface area contributed by atoms with Gasteiger partial charge in [-0.2, -0.15) is 4.31 Å². The first-order valence-electron chi connectivity index (χ1n) is 7.83. The molecule has 1 aromatic rings. The molecule has 2 fully saturated rings. The van der Waals surface area contributed by atoms with E-state index in [4.69, 9.17) is 14.2 Å². The molecule has 0 aliphatic carbocycles. The Kier molecular flexibility index (Phi) is 4.64. The maximum atomic E-state index is 13.1. The molecule has 2 aliphatic heterocycles. The first-order valence-corrected chi connectivity index (χ1v) is 9.27. The van der Waals surface area contributed by atoms with E-state index < -0.39 is 15.6 Å². The van der Waals surface area contributed by atoms with Crippen molar-refractivity contribution < 1.29 is 22.6 Å². The Labute approximate surface area is 137 Å². The molecular formula is C16H23NO5S. The fourth-order valence-corrected chi connectivity index (χ4v) is 4.92. The molecule has 1 aromatic carbocycles. The summed E-state index contributed by atoms with van der Waals surface area (Å²) in [5.41, 5.74) is 0.471. The monoisotopic (exact) mass is 341 g/mol. The molecule has 128 valence electrons. The number of aryl methyl sites for hydroxylation is 1. The van der Waals surface area contributed by atoms with Crippen LogP contribution in [0.15, 0.2) is 23.1 Å². The van der Waals surface area contributed by atoms with Gasteiger partial charge in [-0.15, -0.1) is 0 Å². The third-order valence-electron chi connectivity index (χ3n) is 4.55. The number of nitrogens with zero attached hydrogens (tertiary/aromatic N) is 1. The van der Waals surface area contributed by atoms with E-state index in [9.17, 15) is 8.42 Å². The van der Waals surface area contributed by atoms with Crippen LogP contribution in [-0.2, 0) is 19.5 Å². The number of hydrogen-bond donors (Lipinski definition) is 0. The van der Waals surface area contributed by atoms with Crippen molar-refractivity contribution in [3.05, 3.63) is 23.8 Å². The highest BCUT2D eigenvalue weighted by atomic mass is 32.2. The highest BCUT2D eigenvalue weighted by Crippen LogP contribution is 2.34. The number of benzene rings is 1. The molecule has 0 amide bonds. The van der Waals surface area contributed by atoms with E-state index >= 15 is 0 Å². The lowest BCUT2D eigenvalue weighted by Gasteiger charge is -2.44. The maximum Gasteiger partial charge on any atom is 0.246 e. The number of sulfonamides is 1. The van der Waals surface area contributed by atoms with Crippen molar-refractivity contribution in [3.63, 3.8) is 0 Å². The molecule has 0 aromatic heterocycles. The molecule has 0 bridgehead atoms. The van der Waals surface area contributed by atoms with Gasteiger partial charge in [0.1, 0.15) is 10.6 Å². The van der Waals surface area contributed by atoms with Gasteiger partial charge in [0, 0.05) is 39.1 Å². The third kappa shape index (κ3) is 3.24. The van der Waals surface area contributed by atoms with Gasteiger partial charge in [0.05, 0.1) is 19.3 Å². The van der Waals surface area contributed by atoms with Crippen LogP contribution in [0, 0.1) is 6.92 Å². The van der Waals surface area contributed by atoms with Crippen molar-refractivity contribution in [2.75, 3.05) is 40.0 Å². The van der Waals surface area contributed by atoms with Crippen LogP contribution in [0.1, 0.15) is 18.4 Å². The molecule has 2 heterocycles. The van der Waals surface area contributed by atoms with Crippen LogP contribution in [0.4, 0.5) is 0 Å². The SMILES string of the molecule is COc1ccc(C)cc1S(=O)(=O)N1CCOC2(CCOCC2)C1. The second-order valence-corrected chi connectivity index (χ2v) is 8.04. The summed E-state index contributed by atoms with van der Waals surface area (Å²) in [6.07, 6.45) is 1.45. The van der Waals surface area contributed by atoms with Crippen molar-refractivity contribution in [1.82, 2.24) is 4.31 Å². The number of morpholine rings is 1. The van der Waals surface area contributed by atoms with Gasteiger partial charge in [-0.05, 0) is 24.6 Å². The van der Waals surface area contributed by atoms with E-state index in [1.165, 1.54) is 11.4 Å². The van der Waals surface area contributed by atoms with E-state index in [0.29, 0.717) is 38.7 Å². The van der Waals surface area contributed by atoms with Crippen molar-refractivity contribution in [2.45, 2.75) is 30.3 Å². The lowest BCUT2D eigenvalue weighted by molar-refractivity contribution is -0.139. The topological polar surface area (TPSA) is 65.1 Å². The van der Waals surface area contributed by atoms with Crippen LogP contribution in [0.2, 0.25) is 0 Å². The molecule has 0 saturated carbocycles. The molecule has 0 radical (unpaired) electrons. The van der Waals surface area contributed by atoms with E-state index in [2.05, 4.69) is 0 Å². The van der Waals surface area contributed by atoms with Gasteiger partial charge >= 0.3 is 0 Å². The first kappa shape index (κ1) is 16.7. The van der Waals surface area contributed by atoms with Gasteiger partial charge in [-0.25, -0.2) is 8.42 Å². The summed E-state index contributed by atoms with van der Waals surface area (Å²) < 4.78 is 44.3. The largest absolute Gasteiger partial charge is 0.495 e. The first-order chi connectivity index (χ1) is 11.0. The maximum absolute atomic E-state index is 13.1. The van der Waals surface area contributed by atoms with Crippen LogP contribution in [-0.4, -0.2) is 58.3 Å². The number of rotatable bonds is 3. The molecular weight excluding hydrogens is 318 g/mol. The average molecular weight is 341 g/mol. The fourth-order valence-electron chi connectivity index (χ4n) is 3.19. The highest BCUT2D eigenvalue weighted by Gasteiger charge is 2.42. The molecule has 1 spiro atoms. The van der Waals surface area contributed by atoms with E-state index in [0.717, 1.165) is 18.4 Å². The summed E-state index contributed by atoms with van der Waals surface area (Å²) in [6.45, 7) is 4.24. The van der Waals surface area contributed by atoms with E-state index in [1.54, 1.807) is 12.1 Å². The van der Waals surface area contributed by atoms with Crippen molar-refractivity contribution in [2.24, 2.45) is 0 Å². The van der Waals surface area contributed by atoms with E-state index in [-0.39, 0.29) is 4.90 Å². The quantitative estimate of drug-likeness (QED) is 0.835. The minimum atomic E-state index is -3.62. The van der Waals surface area contributed by atoms with Crippen LogP contribution < -0.4 is 4.74 Å². The summed E-state index contributed by atoms with van der Waals surface area (Å²) in [5.74, 6) is 0.378. The number of hydrogen-bond acceptors (Lipinski definition) is 5. The Morgan fingerprint density at radius 1 is 1.22 bits per heavy atom. The number of ether oxygens (including phenoxy) is 3. The van der Waals surface area contributed by atoms with Crippen molar-refractivity contribution >= 4 is 10.0 Å². The van der Waals surface area contributed by atoms with Gasteiger partial charge in [-0.1, -0.05) is 6.07 Å². The Balaban J connectivity index is 1.91. The third-order valence-corrected chi connectivity index (χ3v) is 6.42. The van der Waals surface area contributed by atoms with Crippen LogP contribution in [0.5, 0.6) is 5.75 Å². The Bertz CT molecular complexity index is 662. The zero-order valence-electron chi connectivity index (χ0n) is 13.6. The summed E-state index contributed by atoms with van der Waals surface area (Å²) in [7, 11) is -2.13. The predicted octanol–water partition coefficient (Wildman–Crippen LogP) is 1.57. The Morgan fingerprint density at radius 2 is 1.96 bits per heavy atom. The van der Waals surface area contributed by atoms with Gasteiger partial charge in [0.15, 0.2) is 0 Å². The van der Waals surface area contributed by atoms with Crippen LogP contribution in [0.25, 0.3) is 0 Å². The molecule has 0 unspecified atom stereocenters. The summed E-state index contributed by atoms with van der Waals surface area (Å²) >= 11 is 0. The smallest absolute Gasteiger partial charge is 0.246 e. The summed E-state index contributed by atoms with van der Waals surface area (Å²) in [5, 5.41) is 0. The minimum absolute atomic E-state index is 0.226. The molecule has 6 nitrogen and oxygen atoms in total. The van der Waals surface area contributed by atoms with Crippen LogP contribution >= 0.6 is 0 Å². The molecule has 0 atom stereocenters. The number of methoxy groups -OCH3 is 1. The second kappa shape index (κ2) is 6.39. The van der Waals surface area contributed by atoms with Crippen molar-refractivity contribution in [1.29, 1.82) is 0 Å². The molecule has 2 saturated heterocycles. The van der Waals surface area contributed by atoms with Gasteiger partial charge < -0.3 is 14.2 Å². The Morgan fingerprint density at radius 3 is 2.65 bits per heavy atom. The lowest BCUT2D eigenvalue weighted by atomic mass is 9.93. The minimum Gasteiger partial charge on any atom is -0.495 e. The van der Waals surface area contributed by atoms with Gasteiger partial charge in [-0.3, -0.25) is 0 Å². The average Bonchev–Trinajstić information content (AvgIpc) is 2.55. The molecule has 23 heavy (non-hydrogen) atoms. The zero-order valence-corrected chi connectivity index (χ0v) is 14.4. The van der Waals surface area contributed by atoms with Gasteiger partial charge in [0.25, 0.3) is 0 Å². The van der Waals surface area contributed by atoms with E-state index in [1.807, 2.05) is 13.0 Å². The predicted molar refractivity (Wildman–Crippen MR) is 85.2 cm³/mol. The lowest BCUT2D eigenvalue weighted by Crippen LogP contribution is -2.55. The molecule has 3 rings (SSSR count). The summed E-state index contributed by atoms with van der Waals surface area (Å²) in [4.78, 5) is 0.226. The normalized spacial score (nSPS) is 22.2. The molecule has 2 aliphatic rings. The standard InChI is InChI=1S/C16H23NO5S/c1-13-3-4-14(20-2)15(11-13)23(18,19)17-7-10-22-16(12-17)5-8-21-9-6-16/h3-4,11H,5-10,12H2,1-2H3. The fraction of sp³-hybridized carbons (Fsp3) is 0.625. The molecule has 0 N–H and O–H groups in total. The second-order valence-electron chi connectivity index (χ2n) is 6.14. The van der Waals surface area contributed by atoms with Crippen LogP contribution in [0.3, 0.4) is 0 Å².